The summed E-state index contributed by atoms with van der Waals surface area (Å²) in [6.07, 6.45) is 3.53. The SMILES string of the molecule is O=C1CC2(NCc3ccccc3)CCC1(O)CC2. The topological polar surface area (TPSA) is 49.3 Å². The Labute approximate surface area is 107 Å². The monoisotopic (exact) mass is 245 g/mol. The molecule has 0 atom stereocenters. The van der Waals surface area contributed by atoms with Crippen LogP contribution in [0.4, 0.5) is 0 Å². The Morgan fingerprint density at radius 1 is 1.11 bits per heavy atom. The summed E-state index contributed by atoms with van der Waals surface area (Å²) in [4.78, 5) is 11.9. The molecular formula is C15H19NO2. The highest BCUT2D eigenvalue weighted by atomic mass is 16.3. The lowest BCUT2D eigenvalue weighted by Crippen LogP contribution is -2.61. The summed E-state index contributed by atoms with van der Waals surface area (Å²) in [5.74, 6) is 0.0283. The quantitative estimate of drug-likeness (QED) is 0.853. The highest BCUT2D eigenvalue weighted by molar-refractivity contribution is 5.90. The van der Waals surface area contributed by atoms with Gasteiger partial charge in [-0.2, -0.15) is 0 Å². The number of hydrogen-bond acceptors (Lipinski definition) is 3. The Morgan fingerprint density at radius 3 is 2.39 bits per heavy atom. The maximum atomic E-state index is 11.9. The van der Waals surface area contributed by atoms with Gasteiger partial charge in [0.05, 0.1) is 0 Å². The molecule has 3 heteroatoms. The van der Waals surface area contributed by atoms with Crippen molar-refractivity contribution < 1.29 is 9.90 Å². The second kappa shape index (κ2) is 4.18. The third-order valence-electron chi connectivity index (χ3n) is 4.56. The van der Waals surface area contributed by atoms with Crippen LogP contribution in [0.25, 0.3) is 0 Å². The fourth-order valence-corrected chi connectivity index (χ4v) is 3.19. The van der Waals surface area contributed by atoms with E-state index in [1.54, 1.807) is 0 Å². The van der Waals surface area contributed by atoms with Gasteiger partial charge in [-0.15, -0.1) is 0 Å². The third-order valence-corrected chi connectivity index (χ3v) is 4.56. The summed E-state index contributed by atoms with van der Waals surface area (Å²) in [6, 6.07) is 10.2. The van der Waals surface area contributed by atoms with Gasteiger partial charge in [-0.05, 0) is 31.2 Å². The molecule has 3 aliphatic carbocycles. The molecular weight excluding hydrogens is 226 g/mol. The van der Waals surface area contributed by atoms with Crippen LogP contribution in [-0.4, -0.2) is 22.0 Å². The Kier molecular flexibility index (Phi) is 2.76. The molecule has 0 heterocycles. The van der Waals surface area contributed by atoms with Crippen molar-refractivity contribution in [1.82, 2.24) is 5.32 Å². The largest absolute Gasteiger partial charge is 0.382 e. The predicted octanol–water partition coefficient (Wildman–Crippen LogP) is 1.79. The summed E-state index contributed by atoms with van der Waals surface area (Å²) in [7, 11) is 0. The van der Waals surface area contributed by atoms with Crippen molar-refractivity contribution in [2.75, 3.05) is 0 Å². The van der Waals surface area contributed by atoms with Crippen molar-refractivity contribution in [3.63, 3.8) is 0 Å². The lowest BCUT2D eigenvalue weighted by Gasteiger charge is -2.50. The van der Waals surface area contributed by atoms with E-state index in [1.165, 1.54) is 5.56 Å². The number of carbonyl (C=O) groups is 1. The van der Waals surface area contributed by atoms with E-state index in [9.17, 15) is 9.90 Å². The number of nitrogens with one attached hydrogen (secondary N) is 1. The smallest absolute Gasteiger partial charge is 0.166 e. The Morgan fingerprint density at radius 2 is 1.78 bits per heavy atom. The van der Waals surface area contributed by atoms with Crippen LogP contribution in [0, 0.1) is 0 Å². The van der Waals surface area contributed by atoms with Gasteiger partial charge < -0.3 is 10.4 Å². The van der Waals surface area contributed by atoms with E-state index in [2.05, 4.69) is 17.4 Å². The second-order valence-electron chi connectivity index (χ2n) is 5.75. The normalized spacial score (nSPS) is 34.8. The molecule has 18 heavy (non-hydrogen) atoms. The summed E-state index contributed by atoms with van der Waals surface area (Å²) in [5.41, 5.74) is 0.166. The number of rotatable bonds is 3. The summed E-state index contributed by atoms with van der Waals surface area (Å²) in [5, 5.41) is 13.7. The van der Waals surface area contributed by atoms with Crippen molar-refractivity contribution in [3.8, 4) is 0 Å². The molecule has 96 valence electrons. The van der Waals surface area contributed by atoms with E-state index >= 15 is 0 Å². The minimum atomic E-state index is -1.00. The molecule has 4 rings (SSSR count). The Bertz CT molecular complexity index is 447. The zero-order valence-corrected chi connectivity index (χ0v) is 10.5. The number of carbonyl (C=O) groups excluding carboxylic acids is 1. The molecule has 0 amide bonds. The van der Waals surface area contributed by atoms with Gasteiger partial charge in [-0.1, -0.05) is 30.3 Å². The first-order chi connectivity index (χ1) is 8.62. The van der Waals surface area contributed by atoms with E-state index in [4.69, 9.17) is 0 Å². The highest BCUT2D eigenvalue weighted by Crippen LogP contribution is 2.44. The first-order valence-electron chi connectivity index (χ1n) is 6.67. The predicted molar refractivity (Wildman–Crippen MR) is 69.1 cm³/mol. The standard InChI is InChI=1S/C15H19NO2/c17-13-10-14(6-8-15(13,18)9-7-14)16-11-12-4-2-1-3-5-12/h1-5,16,18H,6-11H2. The van der Waals surface area contributed by atoms with E-state index in [-0.39, 0.29) is 11.3 Å². The van der Waals surface area contributed by atoms with Crippen LogP contribution in [0.2, 0.25) is 0 Å². The molecule has 0 spiro atoms. The summed E-state index contributed by atoms with van der Waals surface area (Å²) in [6.45, 7) is 0.798. The Hall–Kier alpha value is -1.19. The van der Waals surface area contributed by atoms with Crippen molar-refractivity contribution >= 4 is 5.78 Å². The molecule has 2 bridgehead atoms. The van der Waals surface area contributed by atoms with Gasteiger partial charge >= 0.3 is 0 Å². The van der Waals surface area contributed by atoms with Gasteiger partial charge in [0, 0.05) is 18.5 Å². The van der Waals surface area contributed by atoms with E-state index in [1.807, 2.05) is 18.2 Å². The molecule has 3 saturated carbocycles. The van der Waals surface area contributed by atoms with Gasteiger partial charge in [0.15, 0.2) is 5.78 Å². The van der Waals surface area contributed by atoms with Crippen LogP contribution >= 0.6 is 0 Å². The molecule has 2 N–H and O–H groups in total. The van der Waals surface area contributed by atoms with Crippen LogP contribution in [0.1, 0.15) is 37.7 Å². The minimum Gasteiger partial charge on any atom is -0.382 e. The number of ketones is 1. The van der Waals surface area contributed by atoms with Crippen LogP contribution in [-0.2, 0) is 11.3 Å². The number of fused-ring (bicyclic) bond motifs is 3. The Balaban J connectivity index is 1.68. The maximum absolute atomic E-state index is 11.9. The fraction of sp³-hybridized carbons (Fsp3) is 0.533. The first-order valence-corrected chi connectivity index (χ1v) is 6.67. The van der Waals surface area contributed by atoms with E-state index in [0.717, 1.165) is 19.4 Å². The van der Waals surface area contributed by atoms with Gasteiger partial charge in [0.1, 0.15) is 5.60 Å². The van der Waals surface area contributed by atoms with Crippen LogP contribution in [0.5, 0.6) is 0 Å². The molecule has 0 aliphatic heterocycles. The van der Waals surface area contributed by atoms with Crippen molar-refractivity contribution in [1.29, 1.82) is 0 Å². The molecule has 1 aromatic carbocycles. The van der Waals surface area contributed by atoms with Crippen LogP contribution in [0.3, 0.4) is 0 Å². The van der Waals surface area contributed by atoms with Crippen LogP contribution < -0.4 is 5.32 Å². The number of aliphatic hydroxyl groups is 1. The van der Waals surface area contributed by atoms with Crippen molar-refractivity contribution in [2.24, 2.45) is 0 Å². The molecule has 0 unspecified atom stereocenters. The second-order valence-corrected chi connectivity index (χ2v) is 5.75. The number of benzene rings is 1. The molecule has 3 fully saturated rings. The first kappa shape index (κ1) is 11.9. The van der Waals surface area contributed by atoms with Crippen molar-refractivity contribution in [3.05, 3.63) is 35.9 Å². The minimum absolute atomic E-state index is 0.0283. The molecule has 3 aliphatic rings. The van der Waals surface area contributed by atoms with Crippen LogP contribution in [0.15, 0.2) is 30.3 Å². The van der Waals surface area contributed by atoms with Crippen molar-refractivity contribution in [2.45, 2.75) is 49.8 Å². The third kappa shape index (κ3) is 1.98. The number of Topliss-reactive ketones (excluding diaryl/α,β-unsaturated/α-hetero) is 1. The van der Waals surface area contributed by atoms with Gasteiger partial charge in [0.2, 0.25) is 0 Å². The zero-order chi connectivity index (χ0) is 12.6. The zero-order valence-electron chi connectivity index (χ0n) is 10.5. The highest BCUT2D eigenvalue weighted by Gasteiger charge is 2.52. The van der Waals surface area contributed by atoms with E-state index in [0.29, 0.717) is 19.3 Å². The molecule has 3 nitrogen and oxygen atoms in total. The molecule has 0 radical (unpaired) electrons. The molecule has 0 saturated heterocycles. The molecule has 1 aromatic rings. The average molecular weight is 245 g/mol. The summed E-state index contributed by atoms with van der Waals surface area (Å²) >= 11 is 0. The van der Waals surface area contributed by atoms with Gasteiger partial charge in [-0.3, -0.25) is 4.79 Å². The maximum Gasteiger partial charge on any atom is 0.166 e. The fourth-order valence-electron chi connectivity index (χ4n) is 3.19. The summed E-state index contributed by atoms with van der Waals surface area (Å²) < 4.78 is 0. The lowest BCUT2D eigenvalue weighted by atomic mass is 9.62. The number of hydrogen-bond donors (Lipinski definition) is 2. The average Bonchev–Trinajstić information content (AvgIpc) is 2.40. The lowest BCUT2D eigenvalue weighted by molar-refractivity contribution is -0.153. The molecule has 0 aromatic heterocycles. The van der Waals surface area contributed by atoms with E-state index < -0.39 is 5.60 Å². The van der Waals surface area contributed by atoms with Gasteiger partial charge in [0.25, 0.3) is 0 Å². The van der Waals surface area contributed by atoms with Gasteiger partial charge in [-0.25, -0.2) is 0 Å².